The van der Waals surface area contributed by atoms with Crippen molar-refractivity contribution < 1.29 is 13.9 Å². The Morgan fingerprint density at radius 3 is 3.07 bits per heavy atom. The van der Waals surface area contributed by atoms with Crippen molar-refractivity contribution in [1.29, 1.82) is 5.26 Å². The second kappa shape index (κ2) is 8.21. The Kier molecular flexibility index (Phi) is 5.49. The molecule has 2 aliphatic heterocycles. The number of alkyl halides is 1. The van der Waals surface area contributed by atoms with Crippen LogP contribution in [0.25, 0.3) is 10.9 Å². The molecule has 0 unspecified atom stereocenters. The summed E-state index contributed by atoms with van der Waals surface area (Å²) in [6, 6.07) is 9.35. The average Bonchev–Trinajstić information content (AvgIpc) is 3.33. The van der Waals surface area contributed by atoms with Gasteiger partial charge in [-0.15, -0.1) is 0 Å². The molecule has 1 amide bonds. The molecule has 152 valence electrons. The van der Waals surface area contributed by atoms with Crippen LogP contribution >= 0.6 is 0 Å². The first kappa shape index (κ1) is 19.4. The topological polar surface area (TPSA) is 81.5 Å². The number of rotatable bonds is 5. The zero-order chi connectivity index (χ0) is 20.4. The maximum absolute atomic E-state index is 13.6. The van der Waals surface area contributed by atoms with Gasteiger partial charge in [0.15, 0.2) is 0 Å². The van der Waals surface area contributed by atoms with Crippen LogP contribution in [-0.4, -0.2) is 72.2 Å². The number of anilines is 1. The molecule has 0 saturated carbocycles. The third-order valence-electron chi connectivity index (χ3n) is 5.66. The number of nitriles is 1. The summed E-state index contributed by atoms with van der Waals surface area (Å²) in [7, 11) is 1.63. The Morgan fingerprint density at radius 2 is 2.28 bits per heavy atom. The monoisotopic (exact) mass is 397 g/mol. The highest BCUT2D eigenvalue weighted by molar-refractivity contribution is 5.92. The highest BCUT2D eigenvalue weighted by Gasteiger charge is 2.36. The van der Waals surface area contributed by atoms with Crippen LogP contribution in [0, 0.1) is 11.3 Å². The first-order valence-electron chi connectivity index (χ1n) is 9.82. The number of nitrogens with zero attached hydrogens (tertiary/aromatic N) is 4. The van der Waals surface area contributed by atoms with E-state index in [-0.39, 0.29) is 31.5 Å². The van der Waals surface area contributed by atoms with Crippen molar-refractivity contribution in [3.63, 3.8) is 0 Å². The lowest BCUT2D eigenvalue weighted by Gasteiger charge is -2.23. The van der Waals surface area contributed by atoms with Crippen LogP contribution in [0.4, 0.5) is 10.1 Å². The molecular weight excluding hydrogens is 373 g/mol. The summed E-state index contributed by atoms with van der Waals surface area (Å²) in [6.45, 7) is 1.75. The lowest BCUT2D eigenvalue weighted by atomic mass is 10.1. The van der Waals surface area contributed by atoms with Crippen LogP contribution in [0.2, 0.25) is 0 Å². The molecule has 8 heteroatoms. The molecule has 1 aromatic heterocycles. The van der Waals surface area contributed by atoms with Crippen LogP contribution < -0.4 is 10.1 Å². The third kappa shape index (κ3) is 4.10. The number of amides is 1. The van der Waals surface area contributed by atoms with Crippen molar-refractivity contribution in [1.82, 2.24) is 14.8 Å². The molecule has 0 radical (unpaired) electrons. The average molecular weight is 397 g/mol. The number of pyridine rings is 1. The van der Waals surface area contributed by atoms with Gasteiger partial charge < -0.3 is 15.0 Å². The smallest absolute Gasteiger partial charge is 0.237 e. The van der Waals surface area contributed by atoms with Gasteiger partial charge in [0.05, 0.1) is 31.8 Å². The molecule has 1 N–H and O–H groups in total. The molecule has 3 heterocycles. The van der Waals surface area contributed by atoms with E-state index in [0.29, 0.717) is 0 Å². The van der Waals surface area contributed by atoms with Crippen molar-refractivity contribution in [2.24, 2.45) is 0 Å². The number of carbonyl (C=O) groups is 1. The number of benzene rings is 1. The molecule has 2 aromatic rings. The van der Waals surface area contributed by atoms with Crippen LogP contribution in [0.3, 0.4) is 0 Å². The Balaban J connectivity index is 1.38. The van der Waals surface area contributed by atoms with Crippen molar-refractivity contribution in [2.75, 3.05) is 38.6 Å². The summed E-state index contributed by atoms with van der Waals surface area (Å²) in [5, 5.41) is 13.7. The Morgan fingerprint density at radius 1 is 1.41 bits per heavy atom. The quantitative estimate of drug-likeness (QED) is 0.833. The number of ether oxygens (including phenoxy) is 1. The molecule has 2 aliphatic rings. The first-order valence-corrected chi connectivity index (χ1v) is 9.82. The van der Waals surface area contributed by atoms with Crippen molar-refractivity contribution >= 4 is 22.5 Å². The molecule has 7 nitrogen and oxygen atoms in total. The van der Waals surface area contributed by atoms with Gasteiger partial charge in [-0.25, -0.2) is 4.39 Å². The third-order valence-corrected chi connectivity index (χ3v) is 5.66. The van der Waals surface area contributed by atoms with Crippen LogP contribution in [0.15, 0.2) is 30.5 Å². The van der Waals surface area contributed by atoms with E-state index in [1.165, 1.54) is 4.90 Å². The Labute approximate surface area is 169 Å². The van der Waals surface area contributed by atoms with Gasteiger partial charge >= 0.3 is 0 Å². The molecule has 0 spiro atoms. The normalized spacial score (nSPS) is 24.6. The van der Waals surface area contributed by atoms with Crippen LogP contribution in [0.5, 0.6) is 5.75 Å². The molecule has 0 bridgehead atoms. The van der Waals surface area contributed by atoms with Crippen LogP contribution in [-0.2, 0) is 4.79 Å². The van der Waals surface area contributed by atoms with Gasteiger partial charge in [0.25, 0.3) is 0 Å². The molecule has 1 aromatic carbocycles. The van der Waals surface area contributed by atoms with Gasteiger partial charge in [0.1, 0.15) is 18.0 Å². The van der Waals surface area contributed by atoms with E-state index in [9.17, 15) is 9.18 Å². The summed E-state index contributed by atoms with van der Waals surface area (Å²) in [6.07, 6.45) is 1.69. The summed E-state index contributed by atoms with van der Waals surface area (Å²) < 4.78 is 18.8. The summed E-state index contributed by atoms with van der Waals surface area (Å²) in [4.78, 5) is 20.4. The van der Waals surface area contributed by atoms with E-state index in [2.05, 4.69) is 15.2 Å². The van der Waals surface area contributed by atoms with E-state index in [0.717, 1.165) is 41.9 Å². The SMILES string of the molecule is COc1ccc2c(N[C@@H]3CCN(CC(=O)N4C[C@@H](F)C[C@H]4C#N)C3)ccnc2c1. The van der Waals surface area contributed by atoms with Gasteiger partial charge in [-0.1, -0.05) is 0 Å². The number of fused-ring (bicyclic) bond motifs is 1. The van der Waals surface area contributed by atoms with E-state index >= 15 is 0 Å². The molecule has 2 fully saturated rings. The minimum Gasteiger partial charge on any atom is -0.497 e. The summed E-state index contributed by atoms with van der Waals surface area (Å²) >= 11 is 0. The van der Waals surface area contributed by atoms with Gasteiger partial charge in [-0.05, 0) is 24.6 Å². The highest BCUT2D eigenvalue weighted by Crippen LogP contribution is 2.27. The number of hydrogen-bond acceptors (Lipinski definition) is 6. The zero-order valence-electron chi connectivity index (χ0n) is 16.3. The fourth-order valence-corrected chi connectivity index (χ4v) is 4.16. The maximum Gasteiger partial charge on any atom is 0.237 e. The molecule has 4 rings (SSSR count). The number of halogens is 1. The van der Waals surface area contributed by atoms with E-state index in [1.54, 1.807) is 13.3 Å². The fraction of sp³-hybridized carbons (Fsp3) is 0.476. The van der Waals surface area contributed by atoms with Crippen LogP contribution in [0.1, 0.15) is 12.8 Å². The number of nitrogens with one attached hydrogen (secondary N) is 1. The predicted octanol–water partition coefficient (Wildman–Crippen LogP) is 2.19. The molecule has 29 heavy (non-hydrogen) atoms. The minimum absolute atomic E-state index is 0.0268. The van der Waals surface area contributed by atoms with Gasteiger partial charge in [-0.2, -0.15) is 5.26 Å². The molecule has 2 saturated heterocycles. The summed E-state index contributed by atoms with van der Waals surface area (Å²) in [5.74, 6) is 0.597. The van der Waals surface area contributed by atoms with E-state index < -0.39 is 12.2 Å². The minimum atomic E-state index is -1.10. The molecule has 0 aliphatic carbocycles. The Bertz CT molecular complexity index is 946. The maximum atomic E-state index is 13.6. The van der Waals surface area contributed by atoms with Gasteiger partial charge in [0, 0.05) is 48.9 Å². The fourth-order valence-electron chi connectivity index (χ4n) is 4.16. The predicted molar refractivity (Wildman–Crippen MR) is 107 cm³/mol. The highest BCUT2D eigenvalue weighted by atomic mass is 19.1. The summed E-state index contributed by atoms with van der Waals surface area (Å²) in [5.41, 5.74) is 1.86. The standard InChI is InChI=1S/C21H24FN5O2/c1-29-17-2-3-18-19(4-6-24-20(18)9-17)25-15-5-7-26(12-15)13-21(28)27-11-14(22)8-16(27)10-23/h2-4,6,9,14-16H,5,7-8,11-13H2,1H3,(H,24,25)/t14-,15+,16-/m0/s1. The van der Waals surface area contributed by atoms with Gasteiger partial charge in [-0.3, -0.25) is 14.7 Å². The number of carbonyl (C=O) groups excluding carboxylic acids is 1. The van der Waals surface area contributed by atoms with Crippen molar-refractivity contribution in [3.05, 3.63) is 30.5 Å². The number of methoxy groups -OCH3 is 1. The van der Waals surface area contributed by atoms with Gasteiger partial charge in [0.2, 0.25) is 5.91 Å². The largest absolute Gasteiger partial charge is 0.497 e. The number of aromatic nitrogens is 1. The zero-order valence-corrected chi connectivity index (χ0v) is 16.3. The molecular formula is C21H24FN5O2. The Hall–Kier alpha value is -2.92. The first-order chi connectivity index (χ1) is 14.1. The van der Waals surface area contributed by atoms with E-state index in [1.807, 2.05) is 30.3 Å². The van der Waals surface area contributed by atoms with E-state index in [4.69, 9.17) is 10.00 Å². The lowest BCUT2D eigenvalue weighted by molar-refractivity contribution is -0.132. The molecule has 3 atom stereocenters. The van der Waals surface area contributed by atoms with Crippen molar-refractivity contribution in [3.8, 4) is 11.8 Å². The number of likely N-dealkylation sites (tertiary alicyclic amines) is 2. The lowest BCUT2D eigenvalue weighted by Crippen LogP contribution is -2.42. The van der Waals surface area contributed by atoms with Crippen molar-refractivity contribution in [2.45, 2.75) is 31.1 Å². The second-order valence-electron chi connectivity index (χ2n) is 7.63. The number of hydrogen-bond donors (Lipinski definition) is 1. The second-order valence-corrected chi connectivity index (χ2v) is 7.63.